The minimum absolute atomic E-state index is 0.0498. The minimum atomic E-state index is -0.470. The van der Waals surface area contributed by atoms with Crippen molar-refractivity contribution >= 4 is 11.5 Å². The molecule has 1 aliphatic heterocycles. The van der Waals surface area contributed by atoms with Gasteiger partial charge in [0.05, 0.1) is 17.2 Å². The third-order valence-electron chi connectivity index (χ3n) is 6.63. The molecule has 1 saturated heterocycles. The van der Waals surface area contributed by atoms with Crippen molar-refractivity contribution in [2.24, 2.45) is 5.41 Å². The number of hydrogen-bond acceptors (Lipinski definition) is 5. The van der Waals surface area contributed by atoms with Gasteiger partial charge in [0.1, 0.15) is 6.33 Å². The molecule has 1 aliphatic carbocycles. The Morgan fingerprint density at radius 3 is 2.64 bits per heavy atom. The molecule has 0 N–H and O–H groups in total. The van der Waals surface area contributed by atoms with Crippen molar-refractivity contribution in [1.29, 1.82) is 5.26 Å². The lowest BCUT2D eigenvalue weighted by Crippen LogP contribution is -2.44. The van der Waals surface area contributed by atoms with Crippen LogP contribution >= 0.6 is 0 Å². The average molecular weight is 440 g/mol. The van der Waals surface area contributed by atoms with Gasteiger partial charge < -0.3 is 4.90 Å². The summed E-state index contributed by atoms with van der Waals surface area (Å²) in [6, 6.07) is 8.58. The topological polar surface area (TPSA) is 82.8 Å². The Morgan fingerprint density at radius 1 is 1.27 bits per heavy atom. The first kappa shape index (κ1) is 22.6. The number of piperidine rings is 1. The average Bonchev–Trinajstić information content (AvgIpc) is 3.71. The monoisotopic (exact) mass is 439 g/mol. The van der Waals surface area contributed by atoms with E-state index in [0.717, 1.165) is 16.8 Å². The Kier molecular flexibility index (Phi) is 6.79. The number of likely N-dealkylation sites (tertiary alicyclic amines) is 1. The van der Waals surface area contributed by atoms with Crippen LogP contribution in [0.5, 0.6) is 0 Å². The van der Waals surface area contributed by atoms with Gasteiger partial charge in [-0.05, 0) is 68.4 Å². The highest BCUT2D eigenvalue weighted by atomic mass is 16.2. The maximum Gasteiger partial charge on any atom is 0.254 e. The van der Waals surface area contributed by atoms with Crippen molar-refractivity contribution in [3.8, 4) is 6.07 Å². The third kappa shape index (κ3) is 5.25. The Hall–Kier alpha value is -3.59. The van der Waals surface area contributed by atoms with E-state index in [0.29, 0.717) is 49.5 Å². The summed E-state index contributed by atoms with van der Waals surface area (Å²) in [6.45, 7) is 6.71. The van der Waals surface area contributed by atoms with E-state index in [-0.39, 0.29) is 5.91 Å². The maximum absolute atomic E-state index is 13.4. The Labute approximate surface area is 195 Å². The molecule has 0 unspecified atom stereocenters. The predicted molar refractivity (Wildman–Crippen MR) is 128 cm³/mol. The van der Waals surface area contributed by atoms with Crippen LogP contribution in [0, 0.1) is 16.7 Å². The molecule has 0 aromatic carbocycles. The number of amides is 1. The van der Waals surface area contributed by atoms with E-state index in [1.54, 1.807) is 30.5 Å². The molecule has 3 heterocycles. The molecule has 168 valence electrons. The van der Waals surface area contributed by atoms with Gasteiger partial charge in [-0.15, -0.1) is 0 Å². The van der Waals surface area contributed by atoms with Crippen LogP contribution in [0.15, 0.2) is 67.3 Å². The number of aromatic nitrogens is 3. The molecule has 2 aromatic rings. The summed E-state index contributed by atoms with van der Waals surface area (Å²) in [4.78, 5) is 28.1. The SMILES string of the molecule is C=C/C=C\C(C(=O)N1CCC(C#N)(Cc2ccc(C3CC3)nc2)CC1)=C(/C)c1ccncn1. The molecule has 6 nitrogen and oxygen atoms in total. The van der Waals surface area contributed by atoms with Crippen molar-refractivity contribution < 1.29 is 4.79 Å². The lowest BCUT2D eigenvalue weighted by atomic mass is 9.75. The summed E-state index contributed by atoms with van der Waals surface area (Å²) in [6.07, 6.45) is 14.7. The van der Waals surface area contributed by atoms with Gasteiger partial charge in [-0.2, -0.15) is 5.26 Å². The number of hydrogen-bond donors (Lipinski definition) is 0. The van der Waals surface area contributed by atoms with Crippen LogP contribution in [0.25, 0.3) is 5.57 Å². The molecule has 0 spiro atoms. The second-order valence-electron chi connectivity index (χ2n) is 8.95. The van der Waals surface area contributed by atoms with Crippen LogP contribution in [-0.4, -0.2) is 38.8 Å². The van der Waals surface area contributed by atoms with Gasteiger partial charge >= 0.3 is 0 Å². The first-order valence-corrected chi connectivity index (χ1v) is 11.5. The zero-order valence-electron chi connectivity index (χ0n) is 19.1. The second kappa shape index (κ2) is 9.91. The molecule has 1 saturated carbocycles. The highest BCUT2D eigenvalue weighted by molar-refractivity contribution is 6.03. The van der Waals surface area contributed by atoms with Gasteiger partial charge in [0.2, 0.25) is 0 Å². The lowest BCUT2D eigenvalue weighted by Gasteiger charge is -2.37. The van der Waals surface area contributed by atoms with E-state index >= 15 is 0 Å². The zero-order chi connectivity index (χ0) is 23.3. The number of carbonyl (C=O) groups excluding carboxylic acids is 1. The van der Waals surface area contributed by atoms with Crippen LogP contribution in [-0.2, 0) is 11.2 Å². The Balaban J connectivity index is 1.47. The molecule has 2 fully saturated rings. The smallest absolute Gasteiger partial charge is 0.254 e. The van der Waals surface area contributed by atoms with Crippen molar-refractivity contribution in [1.82, 2.24) is 19.9 Å². The first-order valence-electron chi connectivity index (χ1n) is 11.5. The molecule has 33 heavy (non-hydrogen) atoms. The van der Waals surface area contributed by atoms with Crippen molar-refractivity contribution in [2.45, 2.75) is 44.9 Å². The second-order valence-corrected chi connectivity index (χ2v) is 8.95. The fourth-order valence-corrected chi connectivity index (χ4v) is 4.36. The number of carbonyl (C=O) groups is 1. The molecule has 1 amide bonds. The number of nitrogens with zero attached hydrogens (tertiary/aromatic N) is 5. The summed E-state index contributed by atoms with van der Waals surface area (Å²) in [7, 11) is 0. The van der Waals surface area contributed by atoms with Gasteiger partial charge in [0.15, 0.2) is 0 Å². The summed E-state index contributed by atoms with van der Waals surface area (Å²) >= 11 is 0. The Bertz CT molecular complexity index is 1100. The van der Waals surface area contributed by atoms with Crippen LogP contribution in [0.3, 0.4) is 0 Å². The maximum atomic E-state index is 13.4. The fourth-order valence-electron chi connectivity index (χ4n) is 4.36. The molecule has 2 aliphatic rings. The van der Waals surface area contributed by atoms with Crippen molar-refractivity contribution in [3.05, 3.63) is 84.3 Å². The number of pyridine rings is 1. The molecule has 2 aromatic heterocycles. The van der Waals surface area contributed by atoms with Crippen LogP contribution < -0.4 is 0 Å². The number of nitriles is 1. The molecule has 0 radical (unpaired) electrons. The van der Waals surface area contributed by atoms with Crippen LogP contribution in [0.2, 0.25) is 0 Å². The molecular weight excluding hydrogens is 410 g/mol. The van der Waals surface area contributed by atoms with Crippen molar-refractivity contribution in [3.63, 3.8) is 0 Å². The van der Waals surface area contributed by atoms with Gasteiger partial charge in [0, 0.05) is 42.7 Å². The number of allylic oxidation sites excluding steroid dienone is 3. The van der Waals surface area contributed by atoms with Gasteiger partial charge in [0.25, 0.3) is 5.91 Å². The number of rotatable bonds is 7. The predicted octanol–water partition coefficient (Wildman–Crippen LogP) is 4.64. The lowest BCUT2D eigenvalue weighted by molar-refractivity contribution is -0.128. The molecule has 6 heteroatoms. The van der Waals surface area contributed by atoms with E-state index in [1.807, 2.05) is 18.0 Å². The van der Waals surface area contributed by atoms with Gasteiger partial charge in [-0.25, -0.2) is 9.97 Å². The highest BCUT2D eigenvalue weighted by Crippen LogP contribution is 2.39. The van der Waals surface area contributed by atoms with E-state index in [4.69, 9.17) is 0 Å². The normalized spacial score (nSPS) is 18.5. The van der Waals surface area contributed by atoms with Gasteiger partial charge in [-0.1, -0.05) is 24.8 Å². The molecule has 0 bridgehead atoms. The Morgan fingerprint density at radius 2 is 2.06 bits per heavy atom. The van der Waals surface area contributed by atoms with E-state index in [9.17, 15) is 10.1 Å². The third-order valence-corrected chi connectivity index (χ3v) is 6.63. The van der Waals surface area contributed by atoms with E-state index < -0.39 is 5.41 Å². The standard InChI is InChI=1S/C27H29N5O/c1-3-4-5-23(20(2)24-10-13-29-19-31-24)26(33)32-14-11-27(18-28,12-15-32)16-21-6-9-25(30-17-21)22-7-8-22/h3-6,9-10,13,17,19,22H,1,7-8,11-12,14-16H2,2H3/b5-4-,23-20-. The quantitative estimate of drug-likeness (QED) is 0.464. The summed E-state index contributed by atoms with van der Waals surface area (Å²) in [5.74, 6) is 0.577. The summed E-state index contributed by atoms with van der Waals surface area (Å²) < 4.78 is 0. The summed E-state index contributed by atoms with van der Waals surface area (Å²) in [5, 5.41) is 10.0. The van der Waals surface area contributed by atoms with Crippen LogP contribution in [0.4, 0.5) is 0 Å². The minimum Gasteiger partial charge on any atom is -0.339 e. The van der Waals surface area contributed by atoms with Crippen LogP contribution in [0.1, 0.15) is 55.5 Å². The van der Waals surface area contributed by atoms with Gasteiger partial charge in [-0.3, -0.25) is 9.78 Å². The largest absolute Gasteiger partial charge is 0.339 e. The molecular formula is C27H29N5O. The highest BCUT2D eigenvalue weighted by Gasteiger charge is 2.37. The molecule has 0 atom stereocenters. The van der Waals surface area contributed by atoms with E-state index in [1.165, 1.54) is 19.2 Å². The summed E-state index contributed by atoms with van der Waals surface area (Å²) in [5.41, 5.74) is 3.87. The fraction of sp³-hybridized carbons (Fsp3) is 0.370. The molecule has 4 rings (SSSR count). The zero-order valence-corrected chi connectivity index (χ0v) is 19.1. The van der Waals surface area contributed by atoms with E-state index in [2.05, 4.69) is 39.7 Å². The van der Waals surface area contributed by atoms with Crippen molar-refractivity contribution in [2.75, 3.05) is 13.1 Å². The first-order chi connectivity index (χ1) is 16.0.